The third-order valence-corrected chi connectivity index (χ3v) is 6.13. The molecule has 1 aliphatic heterocycles. The van der Waals surface area contributed by atoms with Crippen LogP contribution in [0.1, 0.15) is 43.5 Å². The zero-order valence-electron chi connectivity index (χ0n) is 24.5. The number of benzene rings is 2. The standard InChI is InChI=1S/C30H38N4O8/c1-7-10-21-13-19(14-24(41-9-3)28(21)38-5)16-31-34-25(35)17-42-22-12-11-20(15-23(22)40-8-2)27-26(29(36)39-6)18(4)32-30(37)33-27/h7,11-16,25,27,34-35H,1,8-10,17H2,2-6H3,(H2,32,33,37)/b31-16-/t25-,27-/m1/s1. The van der Waals surface area contributed by atoms with Crippen molar-refractivity contribution in [1.82, 2.24) is 16.1 Å². The molecule has 0 radical (unpaired) electrons. The van der Waals surface area contributed by atoms with Crippen molar-refractivity contribution in [2.24, 2.45) is 5.10 Å². The van der Waals surface area contributed by atoms with E-state index in [1.165, 1.54) is 7.11 Å². The average molecular weight is 583 g/mol. The molecule has 4 N–H and O–H groups in total. The van der Waals surface area contributed by atoms with Gasteiger partial charge in [-0.2, -0.15) is 5.10 Å². The van der Waals surface area contributed by atoms with Gasteiger partial charge < -0.3 is 39.4 Å². The summed E-state index contributed by atoms with van der Waals surface area (Å²) < 4.78 is 27.7. The molecule has 12 heteroatoms. The normalized spacial score (nSPS) is 15.4. The smallest absolute Gasteiger partial charge is 0.337 e. The summed E-state index contributed by atoms with van der Waals surface area (Å²) in [5.41, 5.74) is 5.52. The number of carbonyl (C=O) groups excluding carboxylic acids is 2. The van der Waals surface area contributed by atoms with Gasteiger partial charge in [0, 0.05) is 11.3 Å². The first-order chi connectivity index (χ1) is 20.3. The van der Waals surface area contributed by atoms with E-state index in [9.17, 15) is 14.7 Å². The number of carbonyl (C=O) groups is 2. The number of esters is 1. The van der Waals surface area contributed by atoms with Crippen LogP contribution < -0.4 is 35.0 Å². The molecule has 12 nitrogen and oxygen atoms in total. The Balaban J connectivity index is 1.72. The maximum absolute atomic E-state index is 12.4. The molecule has 3 rings (SSSR count). The van der Waals surface area contributed by atoms with Crippen molar-refractivity contribution >= 4 is 18.2 Å². The second-order valence-corrected chi connectivity index (χ2v) is 9.05. The second kappa shape index (κ2) is 15.3. The van der Waals surface area contributed by atoms with Gasteiger partial charge in [0.2, 0.25) is 0 Å². The quantitative estimate of drug-likeness (QED) is 0.0816. The van der Waals surface area contributed by atoms with Crippen molar-refractivity contribution < 1.29 is 38.4 Å². The zero-order valence-corrected chi connectivity index (χ0v) is 24.5. The highest BCUT2D eigenvalue weighted by molar-refractivity contribution is 5.95. The molecule has 2 amide bonds. The topological polar surface area (TPSA) is 149 Å². The summed E-state index contributed by atoms with van der Waals surface area (Å²) in [6.07, 6.45) is 2.77. The number of hydrazone groups is 1. The van der Waals surface area contributed by atoms with Crippen molar-refractivity contribution in [1.29, 1.82) is 0 Å². The van der Waals surface area contributed by atoms with Crippen LogP contribution in [-0.4, -0.2) is 63.6 Å². The van der Waals surface area contributed by atoms with E-state index < -0.39 is 24.3 Å². The minimum atomic E-state index is -1.15. The van der Waals surface area contributed by atoms with E-state index in [1.807, 2.05) is 19.9 Å². The Labute approximate surface area is 245 Å². The summed E-state index contributed by atoms with van der Waals surface area (Å²) >= 11 is 0. The molecule has 0 fully saturated rings. The van der Waals surface area contributed by atoms with E-state index in [1.54, 1.807) is 50.6 Å². The van der Waals surface area contributed by atoms with Gasteiger partial charge in [0.05, 0.1) is 45.3 Å². The summed E-state index contributed by atoms with van der Waals surface area (Å²) in [7, 11) is 2.86. The number of allylic oxidation sites excluding steroid dienone is 2. The fourth-order valence-corrected chi connectivity index (χ4v) is 4.38. The highest BCUT2D eigenvalue weighted by Gasteiger charge is 2.32. The van der Waals surface area contributed by atoms with Gasteiger partial charge in [-0.3, -0.25) is 5.43 Å². The maximum Gasteiger partial charge on any atom is 0.337 e. The van der Waals surface area contributed by atoms with Crippen LogP contribution in [0, 0.1) is 0 Å². The van der Waals surface area contributed by atoms with E-state index in [4.69, 9.17) is 23.7 Å². The van der Waals surface area contributed by atoms with E-state index >= 15 is 0 Å². The molecule has 1 aliphatic rings. The highest BCUT2D eigenvalue weighted by Crippen LogP contribution is 2.35. The van der Waals surface area contributed by atoms with Gasteiger partial charge in [-0.05, 0) is 62.6 Å². The summed E-state index contributed by atoms with van der Waals surface area (Å²) in [6.45, 7) is 9.78. The van der Waals surface area contributed by atoms with Gasteiger partial charge in [0.15, 0.2) is 29.2 Å². The molecule has 0 aliphatic carbocycles. The van der Waals surface area contributed by atoms with E-state index in [0.717, 1.165) is 11.1 Å². The molecule has 2 atom stereocenters. The number of aliphatic hydroxyl groups excluding tert-OH is 1. The van der Waals surface area contributed by atoms with Crippen molar-refractivity contribution in [2.75, 3.05) is 34.0 Å². The maximum atomic E-state index is 12.4. The number of methoxy groups -OCH3 is 2. The van der Waals surface area contributed by atoms with Crippen molar-refractivity contribution in [3.63, 3.8) is 0 Å². The molecule has 2 aromatic rings. The molecule has 0 unspecified atom stereocenters. The van der Waals surface area contributed by atoms with Crippen LogP contribution in [0.4, 0.5) is 4.79 Å². The van der Waals surface area contributed by atoms with Crippen molar-refractivity contribution in [3.8, 4) is 23.0 Å². The molecular formula is C30H38N4O8. The predicted molar refractivity (Wildman–Crippen MR) is 157 cm³/mol. The van der Waals surface area contributed by atoms with E-state index in [2.05, 4.69) is 27.7 Å². The minimum absolute atomic E-state index is 0.151. The van der Waals surface area contributed by atoms with Crippen LogP contribution in [0.3, 0.4) is 0 Å². The van der Waals surface area contributed by atoms with Gasteiger partial charge in [0.25, 0.3) is 0 Å². The van der Waals surface area contributed by atoms with Gasteiger partial charge in [-0.25, -0.2) is 9.59 Å². The molecule has 226 valence electrons. The van der Waals surface area contributed by atoms with Crippen LogP contribution in [0.25, 0.3) is 0 Å². The monoisotopic (exact) mass is 582 g/mol. The predicted octanol–water partition coefficient (Wildman–Crippen LogP) is 3.34. The molecule has 0 aromatic heterocycles. The first kappa shape index (κ1) is 31.8. The molecule has 42 heavy (non-hydrogen) atoms. The van der Waals surface area contributed by atoms with Crippen LogP contribution in [0.15, 0.2) is 59.4 Å². The lowest BCUT2D eigenvalue weighted by Gasteiger charge is -2.28. The van der Waals surface area contributed by atoms with Gasteiger partial charge >= 0.3 is 12.0 Å². The number of nitrogens with zero attached hydrogens (tertiary/aromatic N) is 1. The number of urea groups is 1. The Hall–Kier alpha value is -4.71. The number of aliphatic hydroxyl groups is 1. The molecule has 0 saturated carbocycles. The highest BCUT2D eigenvalue weighted by atomic mass is 16.5. The van der Waals surface area contributed by atoms with Crippen LogP contribution in [0.5, 0.6) is 23.0 Å². The lowest BCUT2D eigenvalue weighted by Crippen LogP contribution is -2.45. The lowest BCUT2D eigenvalue weighted by molar-refractivity contribution is -0.136. The van der Waals surface area contributed by atoms with Crippen LogP contribution >= 0.6 is 0 Å². The summed E-state index contributed by atoms with van der Waals surface area (Å²) in [5, 5.41) is 19.9. The SMILES string of the molecule is C=CCc1cc(/C=N\N[C@H](O)COc2ccc([C@H]3NC(=O)NC(C)=C3C(=O)OC)cc2OCC)cc(OCC)c1OC. The third-order valence-electron chi connectivity index (χ3n) is 6.13. The zero-order chi connectivity index (χ0) is 30.6. The summed E-state index contributed by atoms with van der Waals surface area (Å²) in [6, 6.07) is 7.51. The molecule has 2 aromatic carbocycles. The fraction of sp³-hybridized carbons (Fsp3) is 0.367. The second-order valence-electron chi connectivity index (χ2n) is 9.05. The first-order valence-electron chi connectivity index (χ1n) is 13.4. The average Bonchev–Trinajstić information content (AvgIpc) is 2.96. The minimum Gasteiger partial charge on any atom is -0.493 e. The number of amides is 2. The van der Waals surface area contributed by atoms with Crippen molar-refractivity contribution in [3.05, 3.63) is 70.9 Å². The number of rotatable bonds is 15. The van der Waals surface area contributed by atoms with Gasteiger partial charge in [-0.1, -0.05) is 12.1 Å². The van der Waals surface area contributed by atoms with Crippen molar-refractivity contribution in [2.45, 2.75) is 39.5 Å². The van der Waals surface area contributed by atoms with Crippen LogP contribution in [-0.2, 0) is 16.0 Å². The first-order valence-corrected chi connectivity index (χ1v) is 13.4. The number of ether oxygens (including phenoxy) is 5. The molecular weight excluding hydrogens is 544 g/mol. The molecule has 0 bridgehead atoms. The summed E-state index contributed by atoms with van der Waals surface area (Å²) in [4.78, 5) is 24.6. The van der Waals surface area contributed by atoms with E-state index in [0.29, 0.717) is 53.9 Å². The Morgan fingerprint density at radius 3 is 2.52 bits per heavy atom. The molecule has 0 spiro atoms. The Bertz CT molecular complexity index is 1340. The number of nitrogens with one attached hydrogen (secondary N) is 3. The molecule has 1 heterocycles. The number of hydrogen-bond acceptors (Lipinski definition) is 10. The number of hydrogen-bond donors (Lipinski definition) is 4. The third kappa shape index (κ3) is 7.94. The molecule has 0 saturated heterocycles. The van der Waals surface area contributed by atoms with E-state index in [-0.39, 0.29) is 12.2 Å². The largest absolute Gasteiger partial charge is 0.493 e. The fourth-order valence-electron chi connectivity index (χ4n) is 4.38. The Morgan fingerprint density at radius 2 is 1.86 bits per heavy atom. The van der Waals surface area contributed by atoms with Gasteiger partial charge in [-0.15, -0.1) is 6.58 Å². The lowest BCUT2D eigenvalue weighted by atomic mass is 9.95. The summed E-state index contributed by atoms with van der Waals surface area (Å²) in [5.74, 6) is 1.39. The van der Waals surface area contributed by atoms with Gasteiger partial charge in [0.1, 0.15) is 6.61 Å². The Kier molecular flexibility index (Phi) is 11.6. The Morgan fingerprint density at radius 1 is 1.12 bits per heavy atom. The van der Waals surface area contributed by atoms with Crippen LogP contribution in [0.2, 0.25) is 0 Å².